The maximum atomic E-state index is 2.46. The van der Waals surface area contributed by atoms with Crippen molar-refractivity contribution in [3.63, 3.8) is 0 Å². The summed E-state index contributed by atoms with van der Waals surface area (Å²) in [5.41, 5.74) is 20.1. The largest absolute Gasteiger partial charge is 0.135 e. The average molecular weight is 865 g/mol. The van der Waals surface area contributed by atoms with Crippen molar-refractivity contribution >= 4 is 63.8 Å². The molecular weight excluding hydrogens is 825 g/mol. The van der Waals surface area contributed by atoms with Crippen molar-refractivity contribution in [2.75, 3.05) is 0 Å². The first-order valence-electron chi connectivity index (χ1n) is 23.2. The van der Waals surface area contributed by atoms with E-state index in [4.69, 9.17) is 0 Å². The van der Waals surface area contributed by atoms with Gasteiger partial charge >= 0.3 is 0 Å². The number of rotatable bonds is 6. The van der Waals surface area contributed by atoms with Gasteiger partial charge in [-0.1, -0.05) is 224 Å². The molecule has 14 rings (SSSR count). The maximum absolute atomic E-state index is 2.46. The average Bonchev–Trinajstić information content (AvgIpc) is 3.94. The highest BCUT2D eigenvalue weighted by atomic mass is 32.1. The minimum atomic E-state index is 1.21. The summed E-state index contributed by atoms with van der Waals surface area (Å²) in [6.07, 6.45) is 0. The Bertz CT molecular complexity index is 3960. The van der Waals surface area contributed by atoms with E-state index in [-0.39, 0.29) is 0 Å². The van der Waals surface area contributed by atoms with Gasteiger partial charge in [-0.15, -0.1) is 11.3 Å². The fourth-order valence-electron chi connectivity index (χ4n) is 11.4. The Morgan fingerprint density at radius 2 is 0.701 bits per heavy atom. The molecule has 13 aromatic rings. The van der Waals surface area contributed by atoms with Crippen LogP contribution in [0.1, 0.15) is 0 Å². The molecule has 0 nitrogen and oxygen atoms in total. The van der Waals surface area contributed by atoms with Crippen molar-refractivity contribution in [1.82, 2.24) is 0 Å². The van der Waals surface area contributed by atoms with Crippen LogP contribution in [0.15, 0.2) is 243 Å². The van der Waals surface area contributed by atoms with Gasteiger partial charge in [0.1, 0.15) is 0 Å². The molecule has 0 aliphatic heterocycles. The molecule has 0 spiro atoms. The summed E-state index contributed by atoms with van der Waals surface area (Å²) < 4.78 is 2.63. The van der Waals surface area contributed by atoms with Gasteiger partial charge in [0.15, 0.2) is 0 Å². The van der Waals surface area contributed by atoms with E-state index in [1.807, 2.05) is 11.3 Å². The summed E-state index contributed by atoms with van der Waals surface area (Å²) in [6, 6.07) is 90.2. The first kappa shape index (κ1) is 38.0. The van der Waals surface area contributed by atoms with Crippen LogP contribution in [0.25, 0.3) is 142 Å². The molecule has 1 heterocycles. The monoisotopic (exact) mass is 864 g/mol. The SMILES string of the molecule is c1ccc(-c2ccc3sc4c(-c5ccc6c7c(cccc57)-c5c-6c(-c6ccccc6)c6c(-c7ccccc7)ccc(-c7ccccc7)c6c5-c5ccccc5)c5ccccc5cc4c3c2)cc1. The van der Waals surface area contributed by atoms with E-state index in [0.717, 1.165) is 0 Å². The van der Waals surface area contributed by atoms with Crippen molar-refractivity contribution in [3.05, 3.63) is 243 Å². The van der Waals surface area contributed by atoms with Crippen molar-refractivity contribution in [2.45, 2.75) is 0 Å². The van der Waals surface area contributed by atoms with Crippen molar-refractivity contribution in [1.29, 1.82) is 0 Å². The second-order valence-electron chi connectivity index (χ2n) is 17.8. The standard InChI is InChI=1S/C66H40S/c1-6-19-41(20-7-1)46-33-38-57-55(39-46)56-40-47-29-16-17-30-48(47)61(66(56)67-57)52-36-37-54-60-51(52)31-18-32-53(60)64-58(44-25-12-4-13-26-44)62-49(42-21-8-2-9-22-42)34-35-50(43-23-10-3-11-24-43)63(62)59(65(54)64)45-27-14-5-15-28-45/h1-40H. The van der Waals surface area contributed by atoms with E-state index in [1.165, 1.54) is 142 Å². The van der Waals surface area contributed by atoms with Gasteiger partial charge in [-0.3, -0.25) is 0 Å². The van der Waals surface area contributed by atoms with E-state index in [2.05, 4.69) is 243 Å². The number of thiophene rings is 1. The molecule has 0 saturated heterocycles. The zero-order chi connectivity index (χ0) is 44.0. The third kappa shape index (κ3) is 5.78. The molecule has 310 valence electrons. The molecule has 1 aliphatic carbocycles. The second kappa shape index (κ2) is 15.1. The lowest BCUT2D eigenvalue weighted by molar-refractivity contribution is 1.59. The number of fused-ring (bicyclic) bond motifs is 8. The lowest BCUT2D eigenvalue weighted by atomic mass is 9.78. The van der Waals surface area contributed by atoms with Gasteiger partial charge in [-0.05, 0) is 134 Å². The summed E-state index contributed by atoms with van der Waals surface area (Å²) in [5.74, 6) is 0. The highest BCUT2D eigenvalue weighted by molar-refractivity contribution is 7.26. The Labute approximate surface area is 393 Å². The van der Waals surface area contributed by atoms with E-state index in [1.54, 1.807) is 0 Å². The Hall–Kier alpha value is -8.36. The fraction of sp³-hybridized carbons (Fsp3) is 0. The Morgan fingerprint density at radius 3 is 1.30 bits per heavy atom. The molecule has 0 saturated carbocycles. The van der Waals surface area contributed by atoms with Crippen LogP contribution in [-0.4, -0.2) is 0 Å². The van der Waals surface area contributed by atoms with Gasteiger partial charge in [0.05, 0.1) is 0 Å². The number of hydrogen-bond donors (Lipinski definition) is 0. The molecule has 0 N–H and O–H groups in total. The highest BCUT2D eigenvalue weighted by Crippen LogP contribution is 2.61. The minimum Gasteiger partial charge on any atom is -0.135 e. The predicted octanol–water partition coefficient (Wildman–Crippen LogP) is 19.2. The van der Waals surface area contributed by atoms with Crippen LogP contribution in [0, 0.1) is 0 Å². The van der Waals surface area contributed by atoms with Crippen molar-refractivity contribution in [3.8, 4) is 89.0 Å². The van der Waals surface area contributed by atoms with Gasteiger partial charge in [-0.25, -0.2) is 0 Å². The Kier molecular flexibility index (Phi) is 8.56. The zero-order valence-corrected chi connectivity index (χ0v) is 37.3. The first-order chi connectivity index (χ1) is 33.3. The van der Waals surface area contributed by atoms with Crippen LogP contribution in [0.5, 0.6) is 0 Å². The lowest BCUT2D eigenvalue weighted by Crippen LogP contribution is -1.97. The summed E-state index contributed by atoms with van der Waals surface area (Å²) in [6.45, 7) is 0. The molecule has 0 amide bonds. The highest BCUT2D eigenvalue weighted by Gasteiger charge is 2.33. The molecule has 67 heavy (non-hydrogen) atoms. The van der Waals surface area contributed by atoms with E-state index in [0.29, 0.717) is 0 Å². The van der Waals surface area contributed by atoms with Crippen LogP contribution in [0.4, 0.5) is 0 Å². The van der Waals surface area contributed by atoms with Crippen molar-refractivity contribution in [2.24, 2.45) is 0 Å². The molecule has 1 aromatic heterocycles. The quantitative estimate of drug-likeness (QED) is 0.156. The number of hydrogen-bond acceptors (Lipinski definition) is 1. The molecule has 0 radical (unpaired) electrons. The molecular formula is C66H40S. The van der Waals surface area contributed by atoms with Gasteiger partial charge < -0.3 is 0 Å². The molecule has 0 atom stereocenters. The van der Waals surface area contributed by atoms with Crippen LogP contribution < -0.4 is 0 Å². The maximum Gasteiger partial charge on any atom is 0.0440 e. The number of benzene rings is 12. The molecule has 0 bridgehead atoms. The first-order valence-corrected chi connectivity index (χ1v) is 24.0. The fourth-order valence-corrected chi connectivity index (χ4v) is 12.6. The minimum absolute atomic E-state index is 1.21. The van der Waals surface area contributed by atoms with Gasteiger partial charge in [0.2, 0.25) is 0 Å². The van der Waals surface area contributed by atoms with Crippen LogP contribution in [0.3, 0.4) is 0 Å². The van der Waals surface area contributed by atoms with E-state index in [9.17, 15) is 0 Å². The van der Waals surface area contributed by atoms with Crippen LogP contribution >= 0.6 is 11.3 Å². The van der Waals surface area contributed by atoms with Gasteiger partial charge in [0.25, 0.3) is 0 Å². The molecule has 0 fully saturated rings. The third-order valence-electron chi connectivity index (χ3n) is 14.2. The summed E-state index contributed by atoms with van der Waals surface area (Å²) >= 11 is 1.92. The van der Waals surface area contributed by atoms with Crippen molar-refractivity contribution < 1.29 is 0 Å². The van der Waals surface area contributed by atoms with Crippen LogP contribution in [-0.2, 0) is 0 Å². The Morgan fingerprint density at radius 1 is 0.224 bits per heavy atom. The molecule has 0 unspecified atom stereocenters. The molecule has 1 heteroatoms. The summed E-state index contributed by atoms with van der Waals surface area (Å²) in [7, 11) is 0. The normalized spacial score (nSPS) is 11.9. The summed E-state index contributed by atoms with van der Waals surface area (Å²) in [4.78, 5) is 0. The molecule has 12 aromatic carbocycles. The molecule has 1 aliphatic rings. The predicted molar refractivity (Wildman–Crippen MR) is 289 cm³/mol. The second-order valence-corrected chi connectivity index (χ2v) is 18.8. The van der Waals surface area contributed by atoms with E-state index >= 15 is 0 Å². The van der Waals surface area contributed by atoms with Crippen LogP contribution in [0.2, 0.25) is 0 Å². The van der Waals surface area contributed by atoms with E-state index < -0.39 is 0 Å². The summed E-state index contributed by atoms with van der Waals surface area (Å²) in [5, 5.41) is 10.3. The smallest absolute Gasteiger partial charge is 0.0440 e. The zero-order valence-electron chi connectivity index (χ0n) is 36.5. The Balaban J connectivity index is 1.14. The topological polar surface area (TPSA) is 0 Å². The van der Waals surface area contributed by atoms with Gasteiger partial charge in [-0.2, -0.15) is 0 Å². The third-order valence-corrected chi connectivity index (χ3v) is 15.4. The van der Waals surface area contributed by atoms with Gasteiger partial charge in [0, 0.05) is 25.7 Å². The lowest BCUT2D eigenvalue weighted by Gasteiger charge is -2.25.